The molecule has 3 aromatic carbocycles. The number of hydrogen-bond donors (Lipinski definition) is 1. The van der Waals surface area contributed by atoms with E-state index in [1.54, 1.807) is 48.5 Å². The van der Waals surface area contributed by atoms with E-state index >= 15 is 0 Å². The summed E-state index contributed by atoms with van der Waals surface area (Å²) in [6.45, 7) is 1.73. The van der Waals surface area contributed by atoms with Crippen molar-refractivity contribution >= 4 is 75.4 Å². The van der Waals surface area contributed by atoms with Gasteiger partial charge < -0.3 is 5.32 Å². The third-order valence-electron chi connectivity index (χ3n) is 7.00. The molecule has 3 amide bonds. The highest BCUT2D eigenvalue weighted by Crippen LogP contribution is 2.54. The predicted octanol–water partition coefficient (Wildman–Crippen LogP) is 5.96. The number of fused-ring (bicyclic) bond motifs is 2. The van der Waals surface area contributed by atoms with Crippen molar-refractivity contribution in [3.05, 3.63) is 109 Å². The van der Waals surface area contributed by atoms with Crippen LogP contribution in [0.2, 0.25) is 10.0 Å². The molecule has 0 bridgehead atoms. The lowest BCUT2D eigenvalue weighted by atomic mass is 9.83. The van der Waals surface area contributed by atoms with E-state index in [9.17, 15) is 19.2 Å². The molecule has 2 aliphatic rings. The zero-order valence-corrected chi connectivity index (χ0v) is 24.1. The lowest BCUT2D eigenvalue weighted by molar-refractivity contribution is -0.122. The zero-order chi connectivity index (χ0) is 28.1. The number of aromatic nitrogens is 1. The van der Waals surface area contributed by atoms with Crippen LogP contribution in [0.1, 0.15) is 21.9 Å². The summed E-state index contributed by atoms with van der Waals surface area (Å²) in [6, 6.07) is 21.0. The van der Waals surface area contributed by atoms with Gasteiger partial charge in [-0.3, -0.25) is 23.7 Å². The summed E-state index contributed by atoms with van der Waals surface area (Å²) in [4.78, 5) is 55.4. The van der Waals surface area contributed by atoms with Gasteiger partial charge in [-0.2, -0.15) is 0 Å². The molecule has 3 heterocycles. The second-order valence-corrected chi connectivity index (χ2v) is 12.6. The monoisotopic (exact) mass is 609 g/mol. The lowest BCUT2D eigenvalue weighted by Gasteiger charge is -2.30. The minimum Gasteiger partial charge on any atom is -0.325 e. The summed E-state index contributed by atoms with van der Waals surface area (Å²) in [5.41, 5.74) is 2.87. The van der Waals surface area contributed by atoms with Crippen LogP contribution in [0, 0.1) is 12.8 Å². The van der Waals surface area contributed by atoms with Gasteiger partial charge in [0.15, 0.2) is 0 Å². The molecule has 202 valence electrons. The number of amides is 3. The van der Waals surface area contributed by atoms with E-state index in [1.165, 1.54) is 21.2 Å². The molecule has 0 saturated carbocycles. The number of halogens is 2. The fraction of sp³-hybridized carbons (Fsp3) is 0.172. The SMILES string of the molecule is Cc1ccc(NC(=O)Cn2c3c(sc2=O)[C@@H](c2ccc(Cl)cc2)C2C(=O)N(c4ccc(Cl)cc4)C(=O)C2S3)cc1. The molecule has 1 saturated heterocycles. The number of nitrogens with one attached hydrogen (secondary N) is 1. The van der Waals surface area contributed by atoms with Crippen LogP contribution < -0.4 is 15.1 Å². The summed E-state index contributed by atoms with van der Waals surface area (Å²) < 4.78 is 1.40. The summed E-state index contributed by atoms with van der Waals surface area (Å²) in [5.74, 6) is -2.39. The maximum atomic E-state index is 13.9. The number of rotatable bonds is 5. The number of benzene rings is 3. The molecule has 6 rings (SSSR count). The lowest BCUT2D eigenvalue weighted by Crippen LogP contribution is -2.33. The maximum absolute atomic E-state index is 13.9. The van der Waals surface area contributed by atoms with Gasteiger partial charge >= 0.3 is 4.87 Å². The molecule has 4 aromatic rings. The van der Waals surface area contributed by atoms with Crippen molar-refractivity contribution in [3.63, 3.8) is 0 Å². The summed E-state index contributed by atoms with van der Waals surface area (Å²) in [7, 11) is 0. The van der Waals surface area contributed by atoms with Crippen molar-refractivity contribution in [3.8, 4) is 0 Å². The summed E-state index contributed by atoms with van der Waals surface area (Å²) in [6.07, 6.45) is 0. The van der Waals surface area contributed by atoms with E-state index in [-0.39, 0.29) is 29.1 Å². The molecule has 0 spiro atoms. The van der Waals surface area contributed by atoms with Gasteiger partial charge in [0, 0.05) is 26.5 Å². The van der Waals surface area contributed by atoms with Gasteiger partial charge in [0.05, 0.1) is 16.6 Å². The first-order valence-electron chi connectivity index (χ1n) is 12.4. The van der Waals surface area contributed by atoms with Gasteiger partial charge in [0.2, 0.25) is 17.7 Å². The molecule has 0 radical (unpaired) electrons. The van der Waals surface area contributed by atoms with E-state index in [1.807, 2.05) is 31.2 Å². The van der Waals surface area contributed by atoms with E-state index in [2.05, 4.69) is 5.32 Å². The summed E-state index contributed by atoms with van der Waals surface area (Å²) in [5, 5.41) is 3.59. The Labute approximate surface area is 247 Å². The third-order valence-corrected chi connectivity index (χ3v) is 10.1. The van der Waals surface area contributed by atoms with Crippen LogP contribution in [-0.4, -0.2) is 27.5 Å². The topological polar surface area (TPSA) is 88.5 Å². The van der Waals surface area contributed by atoms with Gasteiger partial charge in [-0.1, -0.05) is 76.1 Å². The van der Waals surface area contributed by atoms with Crippen LogP contribution in [0.5, 0.6) is 0 Å². The maximum Gasteiger partial charge on any atom is 0.308 e. The van der Waals surface area contributed by atoms with Crippen molar-refractivity contribution in [1.29, 1.82) is 0 Å². The highest BCUT2D eigenvalue weighted by Gasteiger charge is 2.56. The van der Waals surface area contributed by atoms with Crippen molar-refractivity contribution in [2.75, 3.05) is 10.2 Å². The largest absolute Gasteiger partial charge is 0.325 e. The fourth-order valence-electron chi connectivity index (χ4n) is 5.11. The van der Waals surface area contributed by atoms with Crippen molar-refractivity contribution in [1.82, 2.24) is 4.57 Å². The molecular formula is C29H21Cl2N3O4S2. The van der Waals surface area contributed by atoms with Gasteiger partial charge in [-0.05, 0) is 61.0 Å². The van der Waals surface area contributed by atoms with E-state index in [0.29, 0.717) is 31.3 Å². The molecule has 7 nitrogen and oxygen atoms in total. The molecule has 2 unspecified atom stereocenters. The van der Waals surface area contributed by atoms with E-state index < -0.39 is 17.1 Å². The molecule has 1 aromatic heterocycles. The number of imide groups is 1. The average Bonchev–Trinajstić information content (AvgIpc) is 3.37. The minimum atomic E-state index is -0.781. The quantitative estimate of drug-likeness (QED) is 0.282. The molecule has 1 fully saturated rings. The molecule has 0 aliphatic carbocycles. The van der Waals surface area contributed by atoms with Gasteiger partial charge in [0.1, 0.15) is 11.8 Å². The van der Waals surface area contributed by atoms with Crippen LogP contribution in [-0.2, 0) is 20.9 Å². The number of carbonyl (C=O) groups excluding carboxylic acids is 3. The highest BCUT2D eigenvalue weighted by molar-refractivity contribution is 8.00. The number of thioether (sulfide) groups is 1. The van der Waals surface area contributed by atoms with Gasteiger partial charge in [0.25, 0.3) is 0 Å². The molecular weight excluding hydrogens is 589 g/mol. The minimum absolute atomic E-state index is 0.223. The Kier molecular flexibility index (Phi) is 7.08. The van der Waals surface area contributed by atoms with E-state index in [0.717, 1.165) is 22.5 Å². The van der Waals surface area contributed by atoms with Gasteiger partial charge in [-0.15, -0.1) is 0 Å². The standard InChI is InChI=1S/C29H21Cl2N3O4S2/c1-15-2-10-19(11-3-15)32-21(35)14-33-28-25(40-29(33)38)22(16-4-6-17(30)7-5-16)23-24(39-28)27(37)34(26(23)36)20-12-8-18(31)9-13-20/h2-13,22-24H,14H2,1H3,(H,32,35)/t22-,23?,24?/m0/s1. The Morgan fingerprint density at radius 1 is 0.875 bits per heavy atom. The highest BCUT2D eigenvalue weighted by atomic mass is 35.5. The Morgan fingerprint density at radius 2 is 1.50 bits per heavy atom. The Morgan fingerprint density at radius 3 is 2.15 bits per heavy atom. The Hall–Kier alpha value is -3.37. The average molecular weight is 611 g/mol. The van der Waals surface area contributed by atoms with E-state index in [4.69, 9.17) is 23.2 Å². The zero-order valence-electron chi connectivity index (χ0n) is 21.0. The molecule has 1 N–H and O–H groups in total. The van der Waals surface area contributed by atoms with Crippen molar-refractivity contribution in [2.24, 2.45) is 5.92 Å². The van der Waals surface area contributed by atoms with Crippen molar-refractivity contribution < 1.29 is 14.4 Å². The first-order chi connectivity index (χ1) is 19.2. The van der Waals surface area contributed by atoms with Gasteiger partial charge in [-0.25, -0.2) is 4.90 Å². The Bertz CT molecular complexity index is 1700. The first kappa shape index (κ1) is 26.8. The number of aryl methyl sites for hydroxylation is 1. The smallest absolute Gasteiger partial charge is 0.308 e. The molecule has 40 heavy (non-hydrogen) atoms. The number of anilines is 2. The van der Waals surface area contributed by atoms with Crippen LogP contribution in [0.25, 0.3) is 0 Å². The second kappa shape index (κ2) is 10.6. The third kappa shape index (κ3) is 4.77. The number of thiazole rings is 1. The van der Waals surface area contributed by atoms with Crippen LogP contribution >= 0.6 is 46.3 Å². The summed E-state index contributed by atoms with van der Waals surface area (Å²) >= 11 is 14.4. The van der Waals surface area contributed by atoms with Crippen molar-refractivity contribution in [2.45, 2.75) is 29.7 Å². The van der Waals surface area contributed by atoms with Crippen LogP contribution in [0.4, 0.5) is 11.4 Å². The molecule has 3 atom stereocenters. The fourth-order valence-corrected chi connectivity index (χ4v) is 8.14. The molecule has 11 heteroatoms. The molecule has 2 aliphatic heterocycles. The first-order valence-corrected chi connectivity index (χ1v) is 14.8. The van der Waals surface area contributed by atoms with Crippen LogP contribution in [0.3, 0.4) is 0 Å². The number of nitrogens with zero attached hydrogens (tertiary/aromatic N) is 2. The number of hydrogen-bond acceptors (Lipinski definition) is 6. The predicted molar refractivity (Wildman–Crippen MR) is 159 cm³/mol. The normalized spacial score (nSPS) is 19.9. The number of carbonyl (C=O) groups is 3. The second-order valence-electron chi connectivity index (χ2n) is 9.62. The Balaban J connectivity index is 1.40. The van der Waals surface area contributed by atoms with Crippen LogP contribution in [0.15, 0.2) is 82.6 Å².